The Hall–Kier alpha value is -1.37. The van der Waals surface area contributed by atoms with Crippen LogP contribution in [0, 0.1) is 0 Å². The van der Waals surface area contributed by atoms with E-state index in [1.54, 1.807) is 13.4 Å². The molecule has 6 heteroatoms. The van der Waals surface area contributed by atoms with Crippen molar-refractivity contribution in [1.82, 2.24) is 10.3 Å². The van der Waals surface area contributed by atoms with Crippen molar-refractivity contribution < 1.29 is 13.9 Å². The lowest BCUT2D eigenvalue weighted by atomic mass is 10.2. The van der Waals surface area contributed by atoms with Gasteiger partial charge in [0.2, 0.25) is 0 Å². The molecule has 1 saturated carbocycles. The Balaban J connectivity index is 2.08. The zero-order valence-corrected chi connectivity index (χ0v) is 10.5. The second-order valence-corrected chi connectivity index (χ2v) is 4.46. The molecular weight excluding hydrogens is 234 g/mol. The van der Waals surface area contributed by atoms with Crippen LogP contribution in [0.15, 0.2) is 22.8 Å². The van der Waals surface area contributed by atoms with Crippen LogP contribution in [0.25, 0.3) is 0 Å². The molecular formula is C12H19N3O3. The normalized spacial score (nSPS) is 16.8. The van der Waals surface area contributed by atoms with Gasteiger partial charge in [-0.15, -0.1) is 0 Å². The van der Waals surface area contributed by atoms with Gasteiger partial charge in [0.05, 0.1) is 19.4 Å². The number of hydrogen-bond acceptors (Lipinski definition) is 5. The van der Waals surface area contributed by atoms with E-state index in [0.29, 0.717) is 19.2 Å². The molecule has 0 bridgehead atoms. The molecule has 0 saturated heterocycles. The van der Waals surface area contributed by atoms with Gasteiger partial charge < -0.3 is 9.15 Å². The van der Waals surface area contributed by atoms with E-state index in [1.165, 1.54) is 0 Å². The lowest BCUT2D eigenvalue weighted by Gasteiger charge is -2.29. The Morgan fingerprint density at radius 3 is 3.00 bits per heavy atom. The number of rotatable bonds is 7. The molecule has 0 aromatic carbocycles. The average molecular weight is 253 g/mol. The minimum absolute atomic E-state index is 0.227. The van der Waals surface area contributed by atoms with Gasteiger partial charge in [-0.05, 0) is 25.0 Å². The Labute approximate surface area is 106 Å². The third-order valence-electron chi connectivity index (χ3n) is 3.10. The lowest BCUT2D eigenvalue weighted by Crippen LogP contribution is -2.51. The molecule has 1 fully saturated rings. The van der Waals surface area contributed by atoms with Crippen molar-refractivity contribution in [2.24, 2.45) is 5.84 Å². The van der Waals surface area contributed by atoms with Crippen molar-refractivity contribution in [3.63, 3.8) is 0 Å². The maximum atomic E-state index is 11.8. The smallest absolute Gasteiger partial charge is 0.253 e. The minimum atomic E-state index is -0.377. The molecule has 0 aliphatic heterocycles. The number of carbonyl (C=O) groups is 1. The summed E-state index contributed by atoms with van der Waals surface area (Å²) in [5, 5.41) is 0. The molecule has 1 aromatic rings. The van der Waals surface area contributed by atoms with Gasteiger partial charge in [-0.25, -0.2) is 5.84 Å². The molecule has 1 unspecified atom stereocenters. The molecule has 1 aromatic heterocycles. The molecule has 1 heterocycles. The van der Waals surface area contributed by atoms with Crippen molar-refractivity contribution in [1.29, 1.82) is 0 Å². The van der Waals surface area contributed by atoms with Crippen LogP contribution in [-0.4, -0.2) is 36.6 Å². The van der Waals surface area contributed by atoms with Gasteiger partial charge in [0.15, 0.2) is 0 Å². The zero-order valence-electron chi connectivity index (χ0n) is 10.5. The van der Waals surface area contributed by atoms with E-state index >= 15 is 0 Å². The van der Waals surface area contributed by atoms with E-state index in [2.05, 4.69) is 10.3 Å². The molecule has 0 spiro atoms. The number of amides is 1. The Kier molecular flexibility index (Phi) is 4.35. The number of hydrogen-bond donors (Lipinski definition) is 2. The zero-order chi connectivity index (χ0) is 13.0. The maximum Gasteiger partial charge on any atom is 0.253 e. The minimum Gasteiger partial charge on any atom is -0.468 e. The summed E-state index contributed by atoms with van der Waals surface area (Å²) in [6, 6.07) is 3.78. The van der Waals surface area contributed by atoms with Gasteiger partial charge in [0.25, 0.3) is 5.91 Å². The van der Waals surface area contributed by atoms with Crippen molar-refractivity contribution in [3.8, 4) is 0 Å². The lowest BCUT2D eigenvalue weighted by molar-refractivity contribution is -0.129. The molecule has 1 atom stereocenters. The summed E-state index contributed by atoms with van der Waals surface area (Å²) >= 11 is 0. The van der Waals surface area contributed by atoms with Gasteiger partial charge >= 0.3 is 0 Å². The second-order valence-electron chi connectivity index (χ2n) is 4.46. The summed E-state index contributed by atoms with van der Waals surface area (Å²) in [6.45, 7) is 0.916. The monoisotopic (exact) mass is 253 g/mol. The SMILES string of the molecule is COCC(C(=O)NN)N(Cc1ccco1)C1CC1. The van der Waals surface area contributed by atoms with Crippen molar-refractivity contribution in [2.75, 3.05) is 13.7 Å². The van der Waals surface area contributed by atoms with Crippen LogP contribution < -0.4 is 11.3 Å². The first-order valence-electron chi connectivity index (χ1n) is 6.03. The molecule has 0 radical (unpaired) electrons. The molecule has 3 N–H and O–H groups in total. The number of nitrogens with one attached hydrogen (secondary N) is 1. The van der Waals surface area contributed by atoms with E-state index in [-0.39, 0.29) is 11.9 Å². The van der Waals surface area contributed by atoms with Gasteiger partial charge in [-0.1, -0.05) is 0 Å². The van der Waals surface area contributed by atoms with Gasteiger partial charge in [0, 0.05) is 13.2 Å². The highest BCUT2D eigenvalue weighted by molar-refractivity contribution is 5.81. The van der Waals surface area contributed by atoms with Crippen molar-refractivity contribution >= 4 is 5.91 Å². The van der Waals surface area contributed by atoms with Crippen molar-refractivity contribution in [3.05, 3.63) is 24.2 Å². The van der Waals surface area contributed by atoms with Crippen molar-refractivity contribution in [2.45, 2.75) is 31.5 Å². The molecule has 18 heavy (non-hydrogen) atoms. The van der Waals surface area contributed by atoms with E-state index < -0.39 is 0 Å². The molecule has 1 aliphatic carbocycles. The number of hydrazine groups is 1. The summed E-state index contributed by atoms with van der Waals surface area (Å²) in [6.07, 6.45) is 3.83. The Morgan fingerprint density at radius 2 is 2.50 bits per heavy atom. The van der Waals surface area contributed by atoms with Crippen LogP contribution in [-0.2, 0) is 16.1 Å². The Bertz CT molecular complexity index is 376. The summed E-state index contributed by atoms with van der Waals surface area (Å²) in [7, 11) is 1.58. The number of methoxy groups -OCH3 is 1. The third kappa shape index (κ3) is 3.10. The van der Waals surface area contributed by atoms with E-state index in [0.717, 1.165) is 18.6 Å². The fourth-order valence-electron chi connectivity index (χ4n) is 2.06. The second kappa shape index (κ2) is 5.99. The van der Waals surface area contributed by atoms with Crippen LogP contribution in [0.2, 0.25) is 0 Å². The highest BCUT2D eigenvalue weighted by Crippen LogP contribution is 2.30. The fraction of sp³-hybridized carbons (Fsp3) is 0.583. The van der Waals surface area contributed by atoms with Crippen LogP contribution >= 0.6 is 0 Å². The Morgan fingerprint density at radius 1 is 1.72 bits per heavy atom. The van der Waals surface area contributed by atoms with Gasteiger partial charge in [-0.3, -0.25) is 15.1 Å². The topological polar surface area (TPSA) is 80.7 Å². The molecule has 100 valence electrons. The van der Waals surface area contributed by atoms with Crippen LogP contribution in [0.1, 0.15) is 18.6 Å². The molecule has 2 rings (SSSR count). The average Bonchev–Trinajstić information content (AvgIpc) is 3.10. The number of nitrogens with two attached hydrogens (primary N) is 1. The van der Waals surface area contributed by atoms with E-state index in [1.807, 2.05) is 12.1 Å². The highest BCUT2D eigenvalue weighted by atomic mass is 16.5. The largest absolute Gasteiger partial charge is 0.468 e. The predicted molar refractivity (Wildman–Crippen MR) is 65.3 cm³/mol. The number of ether oxygens (including phenoxy) is 1. The van der Waals surface area contributed by atoms with Gasteiger partial charge in [0.1, 0.15) is 11.8 Å². The molecule has 6 nitrogen and oxygen atoms in total. The first-order valence-corrected chi connectivity index (χ1v) is 6.03. The summed E-state index contributed by atoms with van der Waals surface area (Å²) in [5.41, 5.74) is 2.20. The third-order valence-corrected chi connectivity index (χ3v) is 3.10. The van der Waals surface area contributed by atoms with Gasteiger partial charge in [-0.2, -0.15) is 0 Å². The quantitative estimate of drug-likeness (QED) is 0.413. The molecule has 1 aliphatic rings. The van der Waals surface area contributed by atoms with Crippen LogP contribution in [0.3, 0.4) is 0 Å². The summed E-state index contributed by atoms with van der Waals surface area (Å²) < 4.78 is 10.5. The standard InChI is InChI=1S/C12H19N3O3/c1-17-8-11(12(16)14-13)15(9-4-5-9)7-10-3-2-6-18-10/h2-3,6,9,11H,4-5,7-8,13H2,1H3,(H,14,16). The summed E-state index contributed by atoms with van der Waals surface area (Å²) in [5.74, 6) is 5.84. The summed E-state index contributed by atoms with van der Waals surface area (Å²) in [4.78, 5) is 13.9. The number of furan rings is 1. The van der Waals surface area contributed by atoms with Crippen LogP contribution in [0.5, 0.6) is 0 Å². The number of carbonyl (C=O) groups excluding carboxylic acids is 1. The first-order chi connectivity index (χ1) is 8.76. The predicted octanol–water partition coefficient (Wildman–Crippen LogP) is 0.249. The van der Waals surface area contributed by atoms with E-state index in [9.17, 15) is 4.79 Å². The first kappa shape index (κ1) is 13.1. The van der Waals surface area contributed by atoms with E-state index in [4.69, 9.17) is 15.0 Å². The highest BCUT2D eigenvalue weighted by Gasteiger charge is 2.37. The molecule has 1 amide bonds. The number of nitrogens with zero attached hydrogens (tertiary/aromatic N) is 1. The van der Waals surface area contributed by atoms with Crippen LogP contribution in [0.4, 0.5) is 0 Å². The maximum absolute atomic E-state index is 11.8. The fourth-order valence-corrected chi connectivity index (χ4v) is 2.06.